The molecule has 3 heterocycles. The molecule has 1 atom stereocenters. The van der Waals surface area contributed by atoms with Crippen molar-refractivity contribution < 1.29 is 19.1 Å². The number of rotatable bonds is 5. The van der Waals surface area contributed by atoms with Crippen molar-refractivity contribution in [2.45, 2.75) is 12.5 Å². The van der Waals surface area contributed by atoms with E-state index in [0.717, 1.165) is 11.3 Å². The number of esters is 1. The maximum atomic E-state index is 12.2. The summed E-state index contributed by atoms with van der Waals surface area (Å²) in [6.45, 7) is 0.137. The first-order valence-electron chi connectivity index (χ1n) is 8.62. The molecule has 1 unspecified atom stereocenters. The van der Waals surface area contributed by atoms with Gasteiger partial charge in [0.1, 0.15) is 5.75 Å². The van der Waals surface area contributed by atoms with E-state index in [1.165, 1.54) is 11.3 Å². The summed E-state index contributed by atoms with van der Waals surface area (Å²) >= 11 is 1.23. The lowest BCUT2D eigenvalue weighted by atomic mass is 10.0. The molecule has 0 saturated carbocycles. The summed E-state index contributed by atoms with van der Waals surface area (Å²) in [4.78, 5) is 36.7. The van der Waals surface area contributed by atoms with E-state index in [-0.39, 0.29) is 24.2 Å². The van der Waals surface area contributed by atoms with Gasteiger partial charge < -0.3 is 14.8 Å². The second kappa shape index (κ2) is 8.13. The number of thiazole rings is 1. The molecule has 4 rings (SSSR count). The Labute approximate surface area is 164 Å². The molecule has 0 fully saturated rings. The molecule has 0 radical (unpaired) electrons. The van der Waals surface area contributed by atoms with Crippen LogP contribution in [0.15, 0.2) is 48.1 Å². The molecule has 9 heteroatoms. The molecular weight excluding hydrogens is 380 g/mol. The number of carbonyl (C=O) groups is 2. The summed E-state index contributed by atoms with van der Waals surface area (Å²) in [5.74, 6) is 0.148. The molecule has 28 heavy (non-hydrogen) atoms. The normalized spacial score (nSPS) is 15.2. The van der Waals surface area contributed by atoms with Crippen LogP contribution in [-0.2, 0) is 9.53 Å². The second-order valence-corrected chi connectivity index (χ2v) is 6.84. The van der Waals surface area contributed by atoms with Gasteiger partial charge in [0, 0.05) is 29.8 Å². The maximum absolute atomic E-state index is 12.2. The number of ether oxygens (including phenoxy) is 2. The van der Waals surface area contributed by atoms with Crippen LogP contribution in [0, 0.1) is 0 Å². The van der Waals surface area contributed by atoms with Crippen LogP contribution in [-0.4, -0.2) is 40.0 Å². The minimum atomic E-state index is -0.666. The summed E-state index contributed by atoms with van der Waals surface area (Å²) in [6, 6.07) is 9.08. The zero-order chi connectivity index (χ0) is 19.3. The topological polar surface area (TPSA) is 103 Å². The van der Waals surface area contributed by atoms with E-state index < -0.39 is 5.97 Å². The van der Waals surface area contributed by atoms with Crippen molar-refractivity contribution in [3.63, 3.8) is 0 Å². The third kappa shape index (κ3) is 3.99. The summed E-state index contributed by atoms with van der Waals surface area (Å²) in [5.41, 5.74) is 1.04. The molecule has 1 aliphatic heterocycles. The predicted molar refractivity (Wildman–Crippen MR) is 101 cm³/mol. The number of nitrogens with one attached hydrogen (secondary N) is 1. The number of hydrogen-bond donors (Lipinski definition) is 1. The average Bonchev–Trinajstić information content (AvgIpc) is 3.23. The highest BCUT2D eigenvalue weighted by Gasteiger charge is 2.23. The second-order valence-electron chi connectivity index (χ2n) is 5.98. The molecule has 1 amide bonds. The molecule has 1 aromatic carbocycles. The Balaban J connectivity index is 1.33. The summed E-state index contributed by atoms with van der Waals surface area (Å²) < 4.78 is 10.7. The van der Waals surface area contributed by atoms with Crippen molar-refractivity contribution in [1.29, 1.82) is 0 Å². The highest BCUT2D eigenvalue weighted by Crippen LogP contribution is 2.31. The SMILES string of the molecule is O=C(COC(=O)c1csc(-c2ncccn2)n1)NC1CCOc2ccccc21. The molecule has 0 saturated heterocycles. The Morgan fingerprint density at radius 2 is 2.04 bits per heavy atom. The van der Waals surface area contributed by atoms with Crippen LogP contribution in [0.5, 0.6) is 5.75 Å². The third-order valence-electron chi connectivity index (χ3n) is 4.10. The smallest absolute Gasteiger partial charge is 0.358 e. The molecule has 0 spiro atoms. The van der Waals surface area contributed by atoms with E-state index in [0.29, 0.717) is 23.9 Å². The zero-order valence-electron chi connectivity index (χ0n) is 14.7. The zero-order valence-corrected chi connectivity index (χ0v) is 15.5. The van der Waals surface area contributed by atoms with E-state index in [2.05, 4.69) is 20.3 Å². The number of fused-ring (bicyclic) bond motifs is 1. The Morgan fingerprint density at radius 3 is 2.89 bits per heavy atom. The number of amides is 1. The van der Waals surface area contributed by atoms with E-state index in [9.17, 15) is 9.59 Å². The van der Waals surface area contributed by atoms with Crippen LogP contribution < -0.4 is 10.1 Å². The molecular formula is C19H16N4O4S. The van der Waals surface area contributed by atoms with Gasteiger partial charge in [0.05, 0.1) is 12.6 Å². The van der Waals surface area contributed by atoms with Crippen LogP contribution in [0.3, 0.4) is 0 Å². The van der Waals surface area contributed by atoms with Gasteiger partial charge in [-0.05, 0) is 12.1 Å². The van der Waals surface area contributed by atoms with Gasteiger partial charge in [-0.25, -0.2) is 19.7 Å². The van der Waals surface area contributed by atoms with Crippen molar-refractivity contribution in [3.8, 4) is 16.6 Å². The molecule has 0 aliphatic carbocycles. The minimum absolute atomic E-state index is 0.122. The van der Waals surface area contributed by atoms with Crippen molar-refractivity contribution in [1.82, 2.24) is 20.3 Å². The molecule has 8 nitrogen and oxygen atoms in total. The van der Waals surface area contributed by atoms with Gasteiger partial charge in [0.2, 0.25) is 0 Å². The standard InChI is InChI=1S/C19H16N4O4S/c24-16(22-13-6-9-26-15-5-2-1-4-12(13)15)10-27-19(25)14-11-28-18(23-14)17-20-7-3-8-21-17/h1-5,7-8,11,13H,6,9-10H2,(H,22,24). The highest BCUT2D eigenvalue weighted by molar-refractivity contribution is 7.13. The molecule has 2 aromatic heterocycles. The first-order chi connectivity index (χ1) is 13.7. The lowest BCUT2D eigenvalue weighted by Gasteiger charge is -2.26. The average molecular weight is 396 g/mol. The summed E-state index contributed by atoms with van der Waals surface area (Å²) in [6.07, 6.45) is 3.85. The molecule has 3 aromatic rings. The fraction of sp³-hybridized carbons (Fsp3) is 0.211. The van der Waals surface area contributed by atoms with Crippen LogP contribution in [0.4, 0.5) is 0 Å². The van der Waals surface area contributed by atoms with Gasteiger partial charge in [-0.15, -0.1) is 11.3 Å². The number of para-hydroxylation sites is 1. The maximum Gasteiger partial charge on any atom is 0.358 e. The van der Waals surface area contributed by atoms with Crippen LogP contribution >= 0.6 is 11.3 Å². The number of carbonyl (C=O) groups excluding carboxylic acids is 2. The molecule has 1 aliphatic rings. The van der Waals surface area contributed by atoms with Crippen molar-refractivity contribution in [2.75, 3.05) is 13.2 Å². The van der Waals surface area contributed by atoms with E-state index in [1.54, 1.807) is 23.8 Å². The van der Waals surface area contributed by atoms with Gasteiger partial charge in [-0.1, -0.05) is 18.2 Å². The fourth-order valence-corrected chi connectivity index (χ4v) is 3.55. The van der Waals surface area contributed by atoms with Crippen LogP contribution in [0.25, 0.3) is 10.8 Å². The van der Waals surface area contributed by atoms with Gasteiger partial charge in [0.15, 0.2) is 23.1 Å². The lowest BCUT2D eigenvalue weighted by Crippen LogP contribution is -2.35. The Kier molecular flexibility index (Phi) is 5.24. The van der Waals surface area contributed by atoms with Crippen molar-refractivity contribution in [3.05, 3.63) is 59.4 Å². The lowest BCUT2D eigenvalue weighted by molar-refractivity contribution is -0.125. The van der Waals surface area contributed by atoms with Gasteiger partial charge in [-0.3, -0.25) is 4.79 Å². The fourth-order valence-electron chi connectivity index (χ4n) is 2.81. The summed E-state index contributed by atoms with van der Waals surface area (Å²) in [5, 5.41) is 4.95. The van der Waals surface area contributed by atoms with Crippen molar-refractivity contribution >= 4 is 23.2 Å². The number of nitrogens with zero attached hydrogens (tertiary/aromatic N) is 3. The van der Waals surface area contributed by atoms with Gasteiger partial charge >= 0.3 is 5.97 Å². The monoisotopic (exact) mass is 396 g/mol. The largest absolute Gasteiger partial charge is 0.493 e. The molecule has 142 valence electrons. The summed E-state index contributed by atoms with van der Waals surface area (Å²) in [7, 11) is 0. The Morgan fingerprint density at radius 1 is 1.21 bits per heavy atom. The Hall–Kier alpha value is -3.33. The number of aromatic nitrogens is 3. The van der Waals surface area contributed by atoms with E-state index in [1.807, 2.05) is 24.3 Å². The van der Waals surface area contributed by atoms with Gasteiger partial charge in [-0.2, -0.15) is 0 Å². The minimum Gasteiger partial charge on any atom is -0.493 e. The van der Waals surface area contributed by atoms with E-state index >= 15 is 0 Å². The Bertz CT molecular complexity index is 992. The molecule has 0 bridgehead atoms. The first-order valence-corrected chi connectivity index (χ1v) is 9.50. The van der Waals surface area contributed by atoms with Crippen molar-refractivity contribution in [2.24, 2.45) is 0 Å². The molecule has 1 N–H and O–H groups in total. The highest BCUT2D eigenvalue weighted by atomic mass is 32.1. The predicted octanol–water partition coefficient (Wildman–Crippen LogP) is 2.40. The van der Waals surface area contributed by atoms with Crippen LogP contribution in [0.1, 0.15) is 28.5 Å². The van der Waals surface area contributed by atoms with Crippen LogP contribution in [0.2, 0.25) is 0 Å². The third-order valence-corrected chi connectivity index (χ3v) is 4.94. The first kappa shape index (κ1) is 18.1. The quantitative estimate of drug-likeness (QED) is 0.661. The number of benzene rings is 1. The van der Waals surface area contributed by atoms with E-state index in [4.69, 9.17) is 9.47 Å². The number of hydrogen-bond acceptors (Lipinski definition) is 8. The van der Waals surface area contributed by atoms with Gasteiger partial charge in [0.25, 0.3) is 5.91 Å².